The molecule has 5 rings (SSSR count). The van der Waals surface area contributed by atoms with E-state index in [9.17, 15) is 14.0 Å². The number of pyridine rings is 1. The lowest BCUT2D eigenvalue weighted by Gasteiger charge is -2.33. The van der Waals surface area contributed by atoms with Crippen LogP contribution < -0.4 is 10.9 Å². The van der Waals surface area contributed by atoms with E-state index in [0.29, 0.717) is 48.2 Å². The molecule has 1 amide bonds. The molecule has 4 aromatic rings. The number of fused-ring (bicyclic) bond motifs is 3. The Morgan fingerprint density at radius 3 is 2.69 bits per heavy atom. The Balaban J connectivity index is 1.49. The van der Waals surface area contributed by atoms with Crippen LogP contribution in [0, 0.1) is 5.82 Å². The molecular weight excluding hydrogens is 451 g/mol. The van der Waals surface area contributed by atoms with E-state index in [2.05, 4.69) is 15.3 Å². The first-order valence-electron chi connectivity index (χ1n) is 11.6. The topological polar surface area (TPSA) is 105 Å². The summed E-state index contributed by atoms with van der Waals surface area (Å²) in [5.41, 5.74) is 1.74. The Kier molecular flexibility index (Phi) is 5.66. The van der Waals surface area contributed by atoms with Gasteiger partial charge < -0.3 is 19.9 Å². The minimum atomic E-state index is -0.550. The number of aromatic amines is 1. The van der Waals surface area contributed by atoms with Crippen LogP contribution in [-0.2, 0) is 4.74 Å². The number of amides is 1. The summed E-state index contributed by atoms with van der Waals surface area (Å²) >= 11 is 0. The Hall–Kier alpha value is -3.95. The summed E-state index contributed by atoms with van der Waals surface area (Å²) in [6.45, 7) is 6.59. The maximum atomic E-state index is 14.2. The molecule has 0 atom stereocenters. The van der Waals surface area contributed by atoms with Crippen LogP contribution in [0.4, 0.5) is 20.7 Å². The maximum absolute atomic E-state index is 14.2. The molecule has 0 aliphatic carbocycles. The number of benzene rings is 1. The molecule has 2 N–H and O–H groups in total. The van der Waals surface area contributed by atoms with E-state index in [1.165, 1.54) is 18.3 Å². The van der Waals surface area contributed by atoms with Gasteiger partial charge in [0.2, 0.25) is 0 Å². The number of nitrogens with zero attached hydrogens (tertiary/aromatic N) is 4. The van der Waals surface area contributed by atoms with Gasteiger partial charge in [0.05, 0.1) is 22.3 Å². The van der Waals surface area contributed by atoms with Crippen molar-refractivity contribution in [2.24, 2.45) is 0 Å². The lowest BCUT2D eigenvalue weighted by atomic mass is 9.93. The number of H-pyrrole nitrogens is 1. The summed E-state index contributed by atoms with van der Waals surface area (Å²) in [6.07, 6.45) is 2.54. The van der Waals surface area contributed by atoms with Crippen molar-refractivity contribution in [3.05, 3.63) is 64.5 Å². The number of anilines is 2. The van der Waals surface area contributed by atoms with Crippen LogP contribution in [-0.4, -0.2) is 49.3 Å². The fourth-order valence-corrected chi connectivity index (χ4v) is 4.47. The molecule has 0 saturated carbocycles. The van der Waals surface area contributed by atoms with Crippen molar-refractivity contribution in [3.8, 4) is 0 Å². The van der Waals surface area contributed by atoms with Crippen molar-refractivity contribution in [2.45, 2.75) is 45.1 Å². The largest absolute Gasteiger partial charge is 0.444 e. The Labute approximate surface area is 200 Å². The first-order chi connectivity index (χ1) is 16.7. The molecule has 4 heterocycles. The average Bonchev–Trinajstić information content (AvgIpc) is 3.18. The molecule has 1 aliphatic rings. The summed E-state index contributed by atoms with van der Waals surface area (Å²) in [5, 5.41) is 8.44. The highest BCUT2D eigenvalue weighted by atomic mass is 19.1. The molecule has 9 nitrogen and oxygen atoms in total. The molecule has 1 fully saturated rings. The lowest BCUT2D eigenvalue weighted by molar-refractivity contribution is 0.0203. The van der Waals surface area contributed by atoms with Gasteiger partial charge in [-0.05, 0) is 57.9 Å². The first-order valence-corrected chi connectivity index (χ1v) is 11.6. The molecule has 0 radical (unpaired) electrons. The molecule has 0 spiro atoms. The highest BCUT2D eigenvalue weighted by Gasteiger charge is 2.29. The highest BCUT2D eigenvalue weighted by molar-refractivity contribution is 6.03. The number of carbonyl (C=O) groups is 1. The van der Waals surface area contributed by atoms with Crippen LogP contribution in [0.5, 0.6) is 0 Å². The van der Waals surface area contributed by atoms with E-state index in [4.69, 9.17) is 9.84 Å². The van der Waals surface area contributed by atoms with Gasteiger partial charge in [-0.2, -0.15) is 5.10 Å². The molecule has 0 unspecified atom stereocenters. The van der Waals surface area contributed by atoms with Crippen LogP contribution >= 0.6 is 0 Å². The number of piperidine rings is 1. The van der Waals surface area contributed by atoms with Crippen LogP contribution in [0.1, 0.15) is 45.2 Å². The number of carbonyl (C=O) groups excluding carboxylic acids is 1. The normalized spacial score (nSPS) is 15.0. The molecule has 182 valence electrons. The fraction of sp³-hybridized carbons (Fsp3) is 0.360. The van der Waals surface area contributed by atoms with Crippen molar-refractivity contribution in [3.63, 3.8) is 0 Å². The Morgan fingerprint density at radius 2 is 1.97 bits per heavy atom. The predicted octanol–water partition coefficient (Wildman–Crippen LogP) is 4.57. The quantitative estimate of drug-likeness (QED) is 0.447. The van der Waals surface area contributed by atoms with Crippen molar-refractivity contribution in [1.82, 2.24) is 24.5 Å². The molecule has 35 heavy (non-hydrogen) atoms. The lowest BCUT2D eigenvalue weighted by Crippen LogP contribution is -2.41. The summed E-state index contributed by atoms with van der Waals surface area (Å²) in [6, 6.07) is 9.87. The molecule has 1 saturated heterocycles. The predicted molar refractivity (Wildman–Crippen MR) is 131 cm³/mol. The second kappa shape index (κ2) is 8.68. The van der Waals surface area contributed by atoms with Crippen LogP contribution in [0.3, 0.4) is 0 Å². The number of nitrogens with one attached hydrogen (secondary N) is 2. The number of aromatic nitrogens is 4. The Bertz CT molecular complexity index is 1460. The third kappa shape index (κ3) is 4.55. The Morgan fingerprint density at radius 1 is 1.20 bits per heavy atom. The third-order valence-electron chi connectivity index (χ3n) is 6.04. The van der Waals surface area contributed by atoms with Gasteiger partial charge in [-0.15, -0.1) is 0 Å². The second-order valence-electron chi connectivity index (χ2n) is 9.72. The average molecular weight is 479 g/mol. The first kappa shape index (κ1) is 22.8. The zero-order valence-electron chi connectivity index (χ0n) is 19.8. The standard InChI is InChI=1S/C25H27FN6O3/c1-25(2,3)35-24(34)31-12-9-15(10-13-31)19-14-20(33)29-23-21-17(7-4-8-18(21)30-32(19)23)28-22-16(26)6-5-11-27-22/h4-8,11,14-15H,9-10,12-13H2,1-3H3,(H,27,28)(H,29,33). The molecule has 10 heteroatoms. The maximum Gasteiger partial charge on any atom is 0.410 e. The number of rotatable bonds is 3. The number of halogens is 1. The summed E-state index contributed by atoms with van der Waals surface area (Å²) in [4.78, 5) is 33.8. The van der Waals surface area contributed by atoms with E-state index in [0.717, 1.165) is 5.69 Å². The molecule has 0 bridgehead atoms. The molecule has 3 aromatic heterocycles. The summed E-state index contributed by atoms with van der Waals surface area (Å²) in [7, 11) is 0. The van der Waals surface area contributed by atoms with Gasteiger partial charge in [-0.1, -0.05) is 6.07 Å². The van der Waals surface area contributed by atoms with Crippen molar-refractivity contribution >= 4 is 34.1 Å². The fourth-order valence-electron chi connectivity index (χ4n) is 4.47. The van der Waals surface area contributed by atoms with E-state index in [1.807, 2.05) is 32.9 Å². The zero-order valence-corrected chi connectivity index (χ0v) is 19.8. The van der Waals surface area contributed by atoms with Gasteiger partial charge in [0.1, 0.15) is 11.2 Å². The number of ether oxygens (including phenoxy) is 1. The van der Waals surface area contributed by atoms with Gasteiger partial charge in [0.15, 0.2) is 11.6 Å². The van der Waals surface area contributed by atoms with E-state index >= 15 is 0 Å². The highest BCUT2D eigenvalue weighted by Crippen LogP contribution is 2.33. The van der Waals surface area contributed by atoms with E-state index < -0.39 is 11.4 Å². The molecule has 1 aromatic carbocycles. The van der Waals surface area contributed by atoms with E-state index in [1.54, 1.807) is 21.5 Å². The van der Waals surface area contributed by atoms with Crippen molar-refractivity contribution in [2.75, 3.05) is 18.4 Å². The minimum Gasteiger partial charge on any atom is -0.444 e. The minimum absolute atomic E-state index is 0.0393. The van der Waals surface area contributed by atoms with Gasteiger partial charge in [-0.3, -0.25) is 4.79 Å². The van der Waals surface area contributed by atoms with Gasteiger partial charge in [0.25, 0.3) is 5.56 Å². The smallest absolute Gasteiger partial charge is 0.410 e. The summed E-state index contributed by atoms with van der Waals surface area (Å²) < 4.78 is 21.5. The molecule has 1 aliphatic heterocycles. The van der Waals surface area contributed by atoms with Crippen LogP contribution in [0.2, 0.25) is 0 Å². The number of hydrogen-bond acceptors (Lipinski definition) is 6. The van der Waals surface area contributed by atoms with Crippen molar-refractivity contribution in [1.29, 1.82) is 0 Å². The monoisotopic (exact) mass is 478 g/mol. The number of hydrogen-bond donors (Lipinski definition) is 2. The summed E-state index contributed by atoms with van der Waals surface area (Å²) in [5.74, 6) is -0.350. The van der Waals surface area contributed by atoms with E-state index in [-0.39, 0.29) is 23.4 Å². The zero-order chi connectivity index (χ0) is 24.7. The van der Waals surface area contributed by atoms with Crippen molar-refractivity contribution < 1.29 is 13.9 Å². The van der Waals surface area contributed by atoms with Gasteiger partial charge >= 0.3 is 6.09 Å². The van der Waals surface area contributed by atoms with Crippen LogP contribution in [0.15, 0.2) is 47.4 Å². The third-order valence-corrected chi connectivity index (χ3v) is 6.04. The second-order valence-corrected chi connectivity index (χ2v) is 9.72. The number of likely N-dealkylation sites (tertiary alicyclic amines) is 1. The van der Waals surface area contributed by atoms with Crippen LogP contribution in [0.25, 0.3) is 16.6 Å². The van der Waals surface area contributed by atoms with Gasteiger partial charge in [-0.25, -0.2) is 18.7 Å². The van der Waals surface area contributed by atoms with Gasteiger partial charge in [0, 0.05) is 31.3 Å². The molecular formula is C25H27FN6O3. The SMILES string of the molecule is CC(C)(C)OC(=O)N1CCC(c2cc(=O)[nH]c3c4c(Nc5ncccc5F)cccc4nn23)CC1.